The van der Waals surface area contributed by atoms with Gasteiger partial charge in [-0.05, 0) is 49.9 Å². The summed E-state index contributed by atoms with van der Waals surface area (Å²) in [5.74, 6) is 2.00. The van der Waals surface area contributed by atoms with E-state index in [2.05, 4.69) is 12.0 Å². The molecule has 0 bridgehead atoms. The van der Waals surface area contributed by atoms with Crippen LogP contribution in [0.3, 0.4) is 0 Å². The van der Waals surface area contributed by atoms with Gasteiger partial charge in [-0.25, -0.2) is 4.68 Å². The van der Waals surface area contributed by atoms with Crippen molar-refractivity contribution in [3.63, 3.8) is 0 Å². The summed E-state index contributed by atoms with van der Waals surface area (Å²) < 4.78 is 7.53. The Morgan fingerprint density at radius 2 is 2.00 bits per heavy atom. The maximum atomic E-state index is 13.2. The molecule has 0 spiro atoms. The molecule has 4 rings (SSSR count). The van der Waals surface area contributed by atoms with Crippen molar-refractivity contribution in [3.05, 3.63) is 60.0 Å². The standard InChI is InChI=1S/C21H23N3O2/c1-15-7-6-12-23(13-15)21(25)18-14-24(17-8-4-3-5-9-17)22-20(18)19-11-10-16(2)26-19/h3-5,8-11,14-15H,6-7,12-13H2,1-2H3/t15-/m1/s1. The van der Waals surface area contributed by atoms with Gasteiger partial charge in [0.1, 0.15) is 11.5 Å². The van der Waals surface area contributed by atoms with E-state index in [4.69, 9.17) is 4.42 Å². The van der Waals surface area contributed by atoms with E-state index in [1.165, 1.54) is 6.42 Å². The van der Waals surface area contributed by atoms with Gasteiger partial charge >= 0.3 is 0 Å². The third-order valence-corrected chi connectivity index (χ3v) is 4.88. The van der Waals surface area contributed by atoms with Crippen LogP contribution in [0.25, 0.3) is 17.1 Å². The first-order valence-electron chi connectivity index (χ1n) is 9.13. The van der Waals surface area contributed by atoms with Gasteiger partial charge in [0, 0.05) is 19.3 Å². The number of rotatable bonds is 3. The summed E-state index contributed by atoms with van der Waals surface area (Å²) in [6.45, 7) is 5.69. The lowest BCUT2D eigenvalue weighted by molar-refractivity contribution is 0.0683. The van der Waals surface area contributed by atoms with Gasteiger partial charge in [-0.1, -0.05) is 25.1 Å². The lowest BCUT2D eigenvalue weighted by atomic mass is 9.99. The predicted molar refractivity (Wildman–Crippen MR) is 100 cm³/mol. The molecule has 134 valence electrons. The maximum absolute atomic E-state index is 13.2. The zero-order valence-corrected chi connectivity index (χ0v) is 15.2. The molecule has 0 saturated carbocycles. The molecule has 0 N–H and O–H groups in total. The minimum atomic E-state index is 0.0304. The Morgan fingerprint density at radius 1 is 1.19 bits per heavy atom. The van der Waals surface area contributed by atoms with Gasteiger partial charge in [0.05, 0.1) is 11.3 Å². The van der Waals surface area contributed by atoms with Crippen LogP contribution in [0.15, 0.2) is 53.1 Å². The van der Waals surface area contributed by atoms with Crippen molar-refractivity contribution in [2.45, 2.75) is 26.7 Å². The molecule has 2 aromatic heterocycles. The van der Waals surface area contributed by atoms with Gasteiger partial charge < -0.3 is 9.32 Å². The van der Waals surface area contributed by atoms with Crippen LogP contribution in [-0.4, -0.2) is 33.7 Å². The second-order valence-electron chi connectivity index (χ2n) is 7.08. The molecule has 1 aromatic carbocycles. The van der Waals surface area contributed by atoms with Crippen LogP contribution in [0.5, 0.6) is 0 Å². The number of aryl methyl sites for hydroxylation is 1. The molecule has 1 amide bonds. The van der Waals surface area contributed by atoms with Gasteiger partial charge in [-0.2, -0.15) is 5.10 Å². The highest BCUT2D eigenvalue weighted by Gasteiger charge is 2.27. The summed E-state index contributed by atoms with van der Waals surface area (Å²) in [4.78, 5) is 15.2. The lowest BCUT2D eigenvalue weighted by Crippen LogP contribution is -2.39. The molecule has 0 aliphatic carbocycles. The Balaban J connectivity index is 1.76. The molecule has 3 heterocycles. The number of hydrogen-bond donors (Lipinski definition) is 0. The number of nitrogens with zero attached hydrogens (tertiary/aromatic N) is 3. The Labute approximate surface area is 153 Å². The van der Waals surface area contributed by atoms with Gasteiger partial charge in [0.2, 0.25) is 0 Å². The summed E-state index contributed by atoms with van der Waals surface area (Å²) in [6.07, 6.45) is 4.05. The van der Waals surface area contributed by atoms with E-state index in [1.807, 2.05) is 60.5 Å². The molecule has 1 saturated heterocycles. The van der Waals surface area contributed by atoms with Gasteiger partial charge in [-0.3, -0.25) is 4.79 Å². The molecule has 1 aliphatic rings. The first-order chi connectivity index (χ1) is 12.6. The fourth-order valence-electron chi connectivity index (χ4n) is 3.53. The predicted octanol–water partition coefficient (Wildman–Crippen LogP) is 4.31. The van der Waals surface area contributed by atoms with E-state index < -0.39 is 0 Å². The Bertz CT molecular complexity index is 910. The highest BCUT2D eigenvalue weighted by Crippen LogP contribution is 2.28. The van der Waals surface area contributed by atoms with E-state index in [0.717, 1.165) is 31.0 Å². The molecule has 0 unspecified atom stereocenters. The molecular weight excluding hydrogens is 326 g/mol. The number of para-hydroxylation sites is 1. The van der Waals surface area contributed by atoms with Crippen LogP contribution in [0, 0.1) is 12.8 Å². The highest BCUT2D eigenvalue weighted by molar-refractivity contribution is 5.99. The zero-order valence-electron chi connectivity index (χ0n) is 15.2. The summed E-state index contributed by atoms with van der Waals surface area (Å²) in [5.41, 5.74) is 2.12. The Morgan fingerprint density at radius 3 is 2.69 bits per heavy atom. The highest BCUT2D eigenvalue weighted by atomic mass is 16.3. The van der Waals surface area contributed by atoms with Gasteiger partial charge in [0.15, 0.2) is 5.76 Å². The van der Waals surface area contributed by atoms with Crippen molar-refractivity contribution >= 4 is 5.91 Å². The van der Waals surface area contributed by atoms with Crippen molar-refractivity contribution in [2.24, 2.45) is 5.92 Å². The average molecular weight is 349 g/mol. The third-order valence-electron chi connectivity index (χ3n) is 4.88. The van der Waals surface area contributed by atoms with Crippen LogP contribution in [0.4, 0.5) is 0 Å². The second-order valence-corrected chi connectivity index (χ2v) is 7.08. The Hall–Kier alpha value is -2.82. The number of piperidine rings is 1. The normalized spacial score (nSPS) is 17.5. The molecule has 0 radical (unpaired) electrons. The van der Waals surface area contributed by atoms with Crippen LogP contribution in [0.2, 0.25) is 0 Å². The summed E-state index contributed by atoms with van der Waals surface area (Å²) in [5, 5.41) is 4.67. The SMILES string of the molecule is Cc1ccc(-c2nn(-c3ccccc3)cc2C(=O)N2CCC[C@@H](C)C2)o1. The van der Waals surface area contributed by atoms with Crippen molar-refractivity contribution in [1.29, 1.82) is 0 Å². The summed E-state index contributed by atoms with van der Waals surface area (Å²) in [6, 6.07) is 13.6. The monoisotopic (exact) mass is 349 g/mol. The van der Waals surface area contributed by atoms with Crippen molar-refractivity contribution in [2.75, 3.05) is 13.1 Å². The number of likely N-dealkylation sites (tertiary alicyclic amines) is 1. The van der Waals surface area contributed by atoms with Crippen molar-refractivity contribution in [3.8, 4) is 17.1 Å². The molecular formula is C21H23N3O2. The number of aromatic nitrogens is 2. The van der Waals surface area contributed by atoms with Crippen molar-refractivity contribution in [1.82, 2.24) is 14.7 Å². The Kier molecular flexibility index (Phi) is 4.37. The average Bonchev–Trinajstić information content (AvgIpc) is 3.28. The fraction of sp³-hybridized carbons (Fsp3) is 0.333. The van der Waals surface area contributed by atoms with Crippen LogP contribution < -0.4 is 0 Å². The molecule has 1 fully saturated rings. The fourth-order valence-corrected chi connectivity index (χ4v) is 3.53. The number of benzene rings is 1. The minimum absolute atomic E-state index is 0.0304. The summed E-state index contributed by atoms with van der Waals surface area (Å²) >= 11 is 0. The van der Waals surface area contributed by atoms with Crippen LogP contribution in [-0.2, 0) is 0 Å². The lowest BCUT2D eigenvalue weighted by Gasteiger charge is -2.30. The molecule has 3 aromatic rings. The smallest absolute Gasteiger partial charge is 0.257 e. The van der Waals surface area contributed by atoms with Crippen LogP contribution in [0.1, 0.15) is 35.9 Å². The van der Waals surface area contributed by atoms with E-state index in [-0.39, 0.29) is 5.91 Å². The maximum Gasteiger partial charge on any atom is 0.257 e. The number of carbonyl (C=O) groups is 1. The number of amides is 1. The van der Waals surface area contributed by atoms with E-state index in [1.54, 1.807) is 4.68 Å². The zero-order chi connectivity index (χ0) is 18.1. The third kappa shape index (κ3) is 3.17. The number of carbonyl (C=O) groups excluding carboxylic acids is 1. The van der Waals surface area contributed by atoms with Gasteiger partial charge in [0.25, 0.3) is 5.91 Å². The van der Waals surface area contributed by atoms with E-state index in [0.29, 0.717) is 22.9 Å². The quantitative estimate of drug-likeness (QED) is 0.708. The molecule has 1 atom stereocenters. The summed E-state index contributed by atoms with van der Waals surface area (Å²) in [7, 11) is 0. The molecule has 5 nitrogen and oxygen atoms in total. The molecule has 5 heteroatoms. The minimum Gasteiger partial charge on any atom is -0.460 e. The van der Waals surface area contributed by atoms with E-state index in [9.17, 15) is 4.79 Å². The topological polar surface area (TPSA) is 51.3 Å². The first kappa shape index (κ1) is 16.6. The largest absolute Gasteiger partial charge is 0.460 e. The molecule has 1 aliphatic heterocycles. The van der Waals surface area contributed by atoms with Crippen LogP contribution >= 0.6 is 0 Å². The van der Waals surface area contributed by atoms with Gasteiger partial charge in [-0.15, -0.1) is 0 Å². The first-order valence-corrected chi connectivity index (χ1v) is 9.13. The molecule has 26 heavy (non-hydrogen) atoms. The number of furan rings is 1. The second kappa shape index (κ2) is 6.83. The van der Waals surface area contributed by atoms with E-state index >= 15 is 0 Å². The van der Waals surface area contributed by atoms with Crippen molar-refractivity contribution < 1.29 is 9.21 Å². The number of hydrogen-bond acceptors (Lipinski definition) is 3.